The minimum absolute atomic E-state index is 0.128. The van der Waals surface area contributed by atoms with Gasteiger partial charge in [0, 0.05) is 11.1 Å². The number of hydrogen-bond donors (Lipinski definition) is 1. The van der Waals surface area contributed by atoms with Gasteiger partial charge in [-0.3, -0.25) is 0 Å². The Balaban J connectivity index is 2.22. The Kier molecular flexibility index (Phi) is 2.62. The molecule has 78 valence electrons. The molecule has 2 N–H and O–H groups in total. The third-order valence-corrected chi connectivity index (χ3v) is 4.21. The molecule has 1 heterocycles. The van der Waals surface area contributed by atoms with E-state index in [-0.39, 0.29) is 5.54 Å². The largest absolute Gasteiger partial charge is 0.319 e. The van der Waals surface area contributed by atoms with Crippen LogP contribution in [0.25, 0.3) is 0 Å². The molecule has 2 atom stereocenters. The second-order valence-electron chi connectivity index (χ2n) is 4.63. The standard InChI is InChI=1S/C11H18N2S/c1-8-4-3-5-11(12,6-8)10-13-7-9(2)14-10/h7-8H,3-6,12H2,1-2H3. The van der Waals surface area contributed by atoms with Crippen molar-refractivity contribution in [3.05, 3.63) is 16.1 Å². The van der Waals surface area contributed by atoms with E-state index in [1.54, 1.807) is 11.3 Å². The molecule has 0 amide bonds. The van der Waals surface area contributed by atoms with Crippen LogP contribution in [0.1, 0.15) is 42.5 Å². The van der Waals surface area contributed by atoms with E-state index >= 15 is 0 Å². The zero-order valence-corrected chi connectivity index (χ0v) is 9.73. The highest BCUT2D eigenvalue weighted by Crippen LogP contribution is 2.39. The fraction of sp³-hybridized carbons (Fsp3) is 0.727. The van der Waals surface area contributed by atoms with Crippen LogP contribution < -0.4 is 5.73 Å². The smallest absolute Gasteiger partial charge is 0.113 e. The summed E-state index contributed by atoms with van der Waals surface area (Å²) in [4.78, 5) is 5.71. The third kappa shape index (κ3) is 1.84. The van der Waals surface area contributed by atoms with Gasteiger partial charge in [-0.1, -0.05) is 19.8 Å². The van der Waals surface area contributed by atoms with Gasteiger partial charge in [0.1, 0.15) is 5.01 Å². The van der Waals surface area contributed by atoms with Gasteiger partial charge < -0.3 is 5.73 Å². The lowest BCUT2D eigenvalue weighted by Gasteiger charge is -2.35. The minimum Gasteiger partial charge on any atom is -0.319 e. The van der Waals surface area contributed by atoms with Gasteiger partial charge >= 0.3 is 0 Å². The first-order valence-electron chi connectivity index (χ1n) is 5.32. The highest BCUT2D eigenvalue weighted by atomic mass is 32.1. The van der Waals surface area contributed by atoms with E-state index in [0.717, 1.165) is 23.8 Å². The number of nitrogens with two attached hydrogens (primary N) is 1. The number of thiazole rings is 1. The molecule has 0 radical (unpaired) electrons. The Morgan fingerprint density at radius 2 is 2.43 bits per heavy atom. The third-order valence-electron chi connectivity index (χ3n) is 3.08. The Morgan fingerprint density at radius 1 is 1.64 bits per heavy atom. The van der Waals surface area contributed by atoms with Crippen molar-refractivity contribution in [1.82, 2.24) is 4.98 Å². The lowest BCUT2D eigenvalue weighted by Crippen LogP contribution is -2.40. The summed E-state index contributed by atoms with van der Waals surface area (Å²) >= 11 is 1.76. The number of hydrogen-bond acceptors (Lipinski definition) is 3. The van der Waals surface area contributed by atoms with Gasteiger partial charge in [-0.25, -0.2) is 4.98 Å². The van der Waals surface area contributed by atoms with Crippen molar-refractivity contribution >= 4 is 11.3 Å². The molecule has 1 saturated carbocycles. The van der Waals surface area contributed by atoms with Crippen molar-refractivity contribution in [3.63, 3.8) is 0 Å². The molecule has 0 bridgehead atoms. The average molecular weight is 210 g/mol. The van der Waals surface area contributed by atoms with Crippen molar-refractivity contribution in [3.8, 4) is 0 Å². The molecule has 1 aromatic heterocycles. The first-order chi connectivity index (χ1) is 6.60. The maximum atomic E-state index is 6.43. The zero-order valence-electron chi connectivity index (χ0n) is 8.92. The first-order valence-corrected chi connectivity index (χ1v) is 6.13. The van der Waals surface area contributed by atoms with Gasteiger partial charge in [-0.2, -0.15) is 0 Å². The summed E-state index contributed by atoms with van der Waals surface area (Å²) < 4.78 is 0. The number of aromatic nitrogens is 1. The summed E-state index contributed by atoms with van der Waals surface area (Å²) in [5, 5.41) is 1.14. The Morgan fingerprint density at radius 3 is 3.00 bits per heavy atom. The Hall–Kier alpha value is -0.410. The van der Waals surface area contributed by atoms with Gasteiger partial charge in [0.2, 0.25) is 0 Å². The van der Waals surface area contributed by atoms with Crippen molar-refractivity contribution in [1.29, 1.82) is 0 Å². The van der Waals surface area contributed by atoms with Crippen molar-refractivity contribution < 1.29 is 0 Å². The molecule has 2 rings (SSSR count). The van der Waals surface area contributed by atoms with Gasteiger partial charge in [0.15, 0.2) is 0 Å². The number of rotatable bonds is 1. The molecule has 1 aliphatic carbocycles. The summed E-state index contributed by atoms with van der Waals surface area (Å²) in [6, 6.07) is 0. The summed E-state index contributed by atoms with van der Waals surface area (Å²) in [7, 11) is 0. The molecule has 3 heteroatoms. The number of aryl methyl sites for hydroxylation is 1. The second-order valence-corrected chi connectivity index (χ2v) is 5.87. The normalized spacial score (nSPS) is 33.2. The van der Waals surface area contributed by atoms with Gasteiger partial charge in [-0.05, 0) is 25.7 Å². The van der Waals surface area contributed by atoms with E-state index in [0.29, 0.717) is 0 Å². The Bertz CT molecular complexity index is 321. The molecule has 2 nitrogen and oxygen atoms in total. The summed E-state index contributed by atoms with van der Waals surface area (Å²) in [5.74, 6) is 0.748. The van der Waals surface area contributed by atoms with Crippen LogP contribution in [-0.4, -0.2) is 4.98 Å². The lowest BCUT2D eigenvalue weighted by molar-refractivity contribution is 0.238. The van der Waals surface area contributed by atoms with Crippen molar-refractivity contribution in [2.75, 3.05) is 0 Å². The predicted octanol–water partition coefficient (Wildman–Crippen LogP) is 2.82. The molecular formula is C11H18N2S. The molecule has 0 aliphatic heterocycles. The van der Waals surface area contributed by atoms with E-state index in [4.69, 9.17) is 5.73 Å². The minimum atomic E-state index is -0.128. The van der Waals surface area contributed by atoms with Crippen LogP contribution in [0.4, 0.5) is 0 Å². The average Bonchev–Trinajstić information content (AvgIpc) is 2.52. The van der Waals surface area contributed by atoms with E-state index < -0.39 is 0 Å². The van der Waals surface area contributed by atoms with Crippen LogP contribution in [0, 0.1) is 12.8 Å². The molecular weight excluding hydrogens is 192 g/mol. The van der Waals surface area contributed by atoms with Crippen LogP contribution in [0.15, 0.2) is 6.20 Å². The number of nitrogens with zero attached hydrogens (tertiary/aromatic N) is 1. The molecule has 1 fully saturated rings. The van der Waals surface area contributed by atoms with Crippen LogP contribution in [0.3, 0.4) is 0 Å². The van der Waals surface area contributed by atoms with Gasteiger partial charge in [0.05, 0.1) is 5.54 Å². The molecule has 0 spiro atoms. The van der Waals surface area contributed by atoms with Gasteiger partial charge in [-0.15, -0.1) is 11.3 Å². The van der Waals surface area contributed by atoms with E-state index in [1.807, 2.05) is 6.20 Å². The second kappa shape index (κ2) is 3.63. The molecule has 0 aromatic carbocycles. The SMILES string of the molecule is Cc1cnc(C2(N)CCCC(C)C2)s1. The Labute approximate surface area is 89.5 Å². The highest BCUT2D eigenvalue weighted by Gasteiger charge is 2.34. The van der Waals surface area contributed by atoms with Crippen LogP contribution in [-0.2, 0) is 5.54 Å². The lowest BCUT2D eigenvalue weighted by atomic mass is 9.77. The topological polar surface area (TPSA) is 38.9 Å². The molecule has 0 saturated heterocycles. The fourth-order valence-corrected chi connectivity index (χ4v) is 3.28. The molecule has 2 unspecified atom stereocenters. The molecule has 14 heavy (non-hydrogen) atoms. The van der Waals surface area contributed by atoms with E-state index in [9.17, 15) is 0 Å². The van der Waals surface area contributed by atoms with E-state index in [1.165, 1.54) is 17.7 Å². The summed E-state index contributed by atoms with van der Waals surface area (Å²) in [6.45, 7) is 4.39. The van der Waals surface area contributed by atoms with Crippen molar-refractivity contribution in [2.45, 2.75) is 45.1 Å². The van der Waals surface area contributed by atoms with E-state index in [2.05, 4.69) is 18.8 Å². The fourth-order valence-electron chi connectivity index (χ4n) is 2.37. The quantitative estimate of drug-likeness (QED) is 0.774. The summed E-state index contributed by atoms with van der Waals surface area (Å²) in [6.07, 6.45) is 6.71. The maximum Gasteiger partial charge on any atom is 0.113 e. The van der Waals surface area contributed by atoms with Crippen molar-refractivity contribution in [2.24, 2.45) is 11.7 Å². The van der Waals surface area contributed by atoms with Crippen LogP contribution >= 0.6 is 11.3 Å². The summed E-state index contributed by atoms with van der Waals surface area (Å²) in [5.41, 5.74) is 6.30. The van der Waals surface area contributed by atoms with Crippen LogP contribution in [0.2, 0.25) is 0 Å². The highest BCUT2D eigenvalue weighted by molar-refractivity contribution is 7.11. The van der Waals surface area contributed by atoms with Gasteiger partial charge in [0.25, 0.3) is 0 Å². The maximum absolute atomic E-state index is 6.43. The zero-order chi connectivity index (χ0) is 10.2. The van der Waals surface area contributed by atoms with Crippen LogP contribution in [0.5, 0.6) is 0 Å². The molecule has 1 aliphatic rings. The molecule has 1 aromatic rings. The monoisotopic (exact) mass is 210 g/mol. The first kappa shape index (κ1) is 10.1. The predicted molar refractivity (Wildman–Crippen MR) is 60.3 cm³/mol.